The lowest BCUT2D eigenvalue weighted by Gasteiger charge is -2.52. The molecule has 2 aliphatic rings. The Labute approximate surface area is 234 Å². The first-order valence-electron chi connectivity index (χ1n) is 14.4. The van der Waals surface area contributed by atoms with Gasteiger partial charge in [-0.05, 0) is 91.2 Å². The van der Waals surface area contributed by atoms with Gasteiger partial charge in [0.05, 0.1) is 0 Å². The van der Waals surface area contributed by atoms with E-state index < -0.39 is 0 Å². The summed E-state index contributed by atoms with van der Waals surface area (Å²) >= 11 is 0. The Morgan fingerprint density at radius 1 is 0.947 bits per heavy atom. The lowest BCUT2D eigenvalue weighted by Crippen LogP contribution is -2.44. The van der Waals surface area contributed by atoms with Crippen molar-refractivity contribution in [1.29, 1.82) is 0 Å². The predicted molar refractivity (Wildman–Crippen MR) is 169 cm³/mol. The van der Waals surface area contributed by atoms with E-state index in [0.29, 0.717) is 11.8 Å². The molecule has 2 nitrogen and oxygen atoms in total. The van der Waals surface area contributed by atoms with E-state index in [1.54, 1.807) is 0 Å². The van der Waals surface area contributed by atoms with Gasteiger partial charge < -0.3 is 10.6 Å². The molecule has 0 bridgehead atoms. The van der Waals surface area contributed by atoms with Crippen LogP contribution in [0.5, 0.6) is 0 Å². The third-order valence-electron chi connectivity index (χ3n) is 8.22. The maximum absolute atomic E-state index is 3.97. The molecule has 2 N–H and O–H groups in total. The van der Waals surface area contributed by atoms with Gasteiger partial charge in [0.25, 0.3) is 0 Å². The Morgan fingerprint density at radius 3 is 2.11 bits per heavy atom. The smallest absolute Gasteiger partial charge is 0.0423 e. The van der Waals surface area contributed by atoms with Gasteiger partial charge in [-0.25, -0.2) is 0 Å². The van der Waals surface area contributed by atoms with Crippen LogP contribution in [0.1, 0.15) is 82.1 Å². The quantitative estimate of drug-likeness (QED) is 0.224. The van der Waals surface area contributed by atoms with Crippen molar-refractivity contribution < 1.29 is 0 Å². The first-order valence-corrected chi connectivity index (χ1v) is 14.4. The van der Waals surface area contributed by atoms with Crippen LogP contribution in [0.3, 0.4) is 0 Å². The number of hydrogen-bond donors (Lipinski definition) is 2. The molecule has 0 spiro atoms. The third kappa shape index (κ3) is 8.13. The number of nitrogens with one attached hydrogen (secondary N) is 2. The largest absolute Gasteiger partial charge is 0.387 e. The highest BCUT2D eigenvalue weighted by atomic mass is 14.9. The zero-order valence-corrected chi connectivity index (χ0v) is 25.9. The summed E-state index contributed by atoms with van der Waals surface area (Å²) in [6, 6.07) is 0. The predicted octanol–water partition coefficient (Wildman–Crippen LogP) is 9.72. The minimum Gasteiger partial charge on any atom is -0.387 e. The van der Waals surface area contributed by atoms with Gasteiger partial charge in [0.15, 0.2) is 0 Å². The SMILES string of the molecule is C=C/C=C(\C=C\NC/C=C\C(=C/C)C(C)(C)C)NC1=CC2C(C=C1C(/C=C\C)=C/C)C(C)(C)CCC2(C)C. The summed E-state index contributed by atoms with van der Waals surface area (Å²) in [5.41, 5.74) is 6.78. The van der Waals surface area contributed by atoms with Crippen molar-refractivity contribution in [2.75, 3.05) is 6.54 Å². The molecule has 0 radical (unpaired) electrons. The monoisotopic (exact) mass is 514 g/mol. The second-order valence-electron chi connectivity index (χ2n) is 13.1. The van der Waals surface area contributed by atoms with E-state index in [9.17, 15) is 0 Å². The van der Waals surface area contributed by atoms with Gasteiger partial charge in [-0.2, -0.15) is 0 Å². The van der Waals surface area contributed by atoms with Crippen LogP contribution in [0, 0.1) is 28.1 Å². The van der Waals surface area contributed by atoms with E-state index in [-0.39, 0.29) is 16.2 Å². The summed E-state index contributed by atoms with van der Waals surface area (Å²) in [4.78, 5) is 0. The van der Waals surface area contributed by atoms with Crippen LogP contribution < -0.4 is 10.6 Å². The first-order chi connectivity index (χ1) is 17.8. The van der Waals surface area contributed by atoms with Gasteiger partial charge >= 0.3 is 0 Å². The lowest BCUT2D eigenvalue weighted by molar-refractivity contribution is 0.0320. The van der Waals surface area contributed by atoms with Crippen molar-refractivity contribution >= 4 is 0 Å². The molecule has 208 valence electrons. The van der Waals surface area contributed by atoms with E-state index in [2.05, 4.69) is 141 Å². The summed E-state index contributed by atoms with van der Waals surface area (Å²) in [5, 5.41) is 7.18. The first kappa shape index (κ1) is 31.5. The summed E-state index contributed by atoms with van der Waals surface area (Å²) in [5.74, 6) is 1.00. The number of fused-ring (bicyclic) bond motifs is 1. The van der Waals surface area contributed by atoms with Gasteiger partial charge in [0.2, 0.25) is 0 Å². The molecule has 0 amide bonds. The molecule has 0 saturated heterocycles. The molecule has 2 atom stereocenters. The van der Waals surface area contributed by atoms with E-state index in [0.717, 1.165) is 12.2 Å². The van der Waals surface area contributed by atoms with Crippen molar-refractivity contribution in [3.05, 3.63) is 108 Å². The van der Waals surface area contributed by atoms with E-state index in [4.69, 9.17) is 0 Å². The highest BCUT2D eigenvalue weighted by Gasteiger charge is 2.47. The fourth-order valence-electron chi connectivity index (χ4n) is 5.70. The molecule has 2 unspecified atom stereocenters. The van der Waals surface area contributed by atoms with Crippen LogP contribution >= 0.6 is 0 Å². The standard InChI is InChI=1S/C36H54N2/c1-12-17-27(14-3)30-25-31-32(36(10,11)22-21-35(31,8)9)26-33(30)38-29(18-13-2)20-24-37-23-16-19-28(15-4)34(5,6)7/h12-20,24-26,31-32,37-38H,2,21-23H2,1,3-11H3/b17-12-,19-16-,24-20+,27-14+,28-15+,29-18+. The zero-order valence-electron chi connectivity index (χ0n) is 25.9. The Balaban J connectivity index is 2.31. The molecule has 2 rings (SSSR count). The molecule has 0 aromatic carbocycles. The molecule has 2 heteroatoms. The lowest BCUT2D eigenvalue weighted by atomic mass is 9.53. The molecule has 1 saturated carbocycles. The van der Waals surface area contributed by atoms with Crippen molar-refractivity contribution in [1.82, 2.24) is 10.6 Å². The van der Waals surface area contributed by atoms with Crippen molar-refractivity contribution in [3.63, 3.8) is 0 Å². The molecular weight excluding hydrogens is 460 g/mol. The van der Waals surface area contributed by atoms with Crippen molar-refractivity contribution in [3.8, 4) is 0 Å². The van der Waals surface area contributed by atoms with Crippen molar-refractivity contribution in [2.24, 2.45) is 28.1 Å². The van der Waals surface area contributed by atoms with Crippen molar-refractivity contribution in [2.45, 2.75) is 82.1 Å². The minimum absolute atomic E-state index is 0.156. The summed E-state index contributed by atoms with van der Waals surface area (Å²) in [6.45, 7) is 27.6. The average Bonchev–Trinajstić information content (AvgIpc) is 2.84. The molecular formula is C36H54N2. The Morgan fingerprint density at radius 2 is 1.58 bits per heavy atom. The number of hydrogen-bond acceptors (Lipinski definition) is 2. The maximum atomic E-state index is 3.97. The molecule has 2 aliphatic carbocycles. The van der Waals surface area contributed by atoms with Gasteiger partial charge in [0.1, 0.15) is 0 Å². The van der Waals surface area contributed by atoms with Gasteiger partial charge in [0, 0.05) is 23.5 Å². The van der Waals surface area contributed by atoms with Crippen LogP contribution in [-0.2, 0) is 0 Å². The Bertz CT molecular complexity index is 1070. The summed E-state index contributed by atoms with van der Waals surface area (Å²) in [6.07, 6.45) is 28.7. The molecule has 0 aromatic rings. The van der Waals surface area contributed by atoms with Gasteiger partial charge in [-0.15, -0.1) is 0 Å². The van der Waals surface area contributed by atoms with Crippen LogP contribution in [-0.4, -0.2) is 6.54 Å². The van der Waals surface area contributed by atoms with E-state index >= 15 is 0 Å². The molecule has 1 fully saturated rings. The molecule has 0 aliphatic heterocycles. The summed E-state index contributed by atoms with van der Waals surface area (Å²) in [7, 11) is 0. The highest BCUT2D eigenvalue weighted by Crippen LogP contribution is 2.56. The normalized spacial score (nSPS) is 24.4. The van der Waals surface area contributed by atoms with Crippen LogP contribution in [0.25, 0.3) is 0 Å². The number of rotatable bonds is 10. The fraction of sp³-hybridized carbons (Fsp3) is 0.500. The molecule has 38 heavy (non-hydrogen) atoms. The second kappa shape index (κ2) is 13.4. The Kier molecular flexibility index (Phi) is 11.1. The minimum atomic E-state index is 0.156. The zero-order chi connectivity index (χ0) is 28.6. The average molecular weight is 515 g/mol. The molecule has 0 heterocycles. The van der Waals surface area contributed by atoms with Crippen LogP contribution in [0.2, 0.25) is 0 Å². The van der Waals surface area contributed by atoms with E-state index in [1.165, 1.54) is 35.3 Å². The van der Waals surface area contributed by atoms with E-state index in [1.807, 2.05) is 18.4 Å². The Hall–Kier alpha value is -2.74. The van der Waals surface area contributed by atoms with Crippen LogP contribution in [0.4, 0.5) is 0 Å². The maximum Gasteiger partial charge on any atom is 0.0423 e. The van der Waals surface area contributed by atoms with Crippen LogP contribution in [0.15, 0.2) is 108 Å². The highest BCUT2D eigenvalue weighted by molar-refractivity contribution is 5.55. The number of allylic oxidation sites excluding steroid dienone is 12. The fourth-order valence-corrected chi connectivity index (χ4v) is 5.70. The summed E-state index contributed by atoms with van der Waals surface area (Å²) < 4.78 is 0. The van der Waals surface area contributed by atoms with Gasteiger partial charge in [-0.1, -0.05) is 110 Å². The molecule has 0 aromatic heterocycles. The topological polar surface area (TPSA) is 24.1 Å². The van der Waals surface area contributed by atoms with Gasteiger partial charge in [-0.3, -0.25) is 0 Å². The third-order valence-corrected chi connectivity index (χ3v) is 8.22. The second-order valence-corrected chi connectivity index (χ2v) is 13.1.